The summed E-state index contributed by atoms with van der Waals surface area (Å²) in [6.45, 7) is 0.660. The van der Waals surface area contributed by atoms with Gasteiger partial charge in [-0.05, 0) is 49.1 Å². The molecule has 2 aromatic rings. The number of amides is 1. The van der Waals surface area contributed by atoms with Gasteiger partial charge in [0.1, 0.15) is 10.6 Å². The fourth-order valence-electron chi connectivity index (χ4n) is 4.12. The summed E-state index contributed by atoms with van der Waals surface area (Å²) in [5, 5.41) is 0. The van der Waals surface area contributed by atoms with Crippen LogP contribution in [-0.4, -0.2) is 28.0 Å². The Morgan fingerprint density at radius 1 is 1.14 bits per heavy atom. The summed E-state index contributed by atoms with van der Waals surface area (Å²) in [5.41, 5.74) is 2.33. The fraction of sp³-hybridized carbons (Fsp3) is 0.381. The van der Waals surface area contributed by atoms with Crippen molar-refractivity contribution >= 4 is 27.3 Å². The number of carbonyl (C=O) groups is 1. The van der Waals surface area contributed by atoms with Crippen LogP contribution in [0.5, 0.6) is 5.75 Å². The zero-order chi connectivity index (χ0) is 19.7. The van der Waals surface area contributed by atoms with Gasteiger partial charge in [-0.25, -0.2) is 8.42 Å². The molecule has 1 heterocycles. The molecule has 1 aliphatic carbocycles. The minimum absolute atomic E-state index is 0.0805. The highest BCUT2D eigenvalue weighted by atomic mass is 32.2. The molecule has 7 heteroatoms. The number of hydrogen-bond donors (Lipinski definition) is 1. The first kappa shape index (κ1) is 18.8. The Hall–Kier alpha value is -2.54. The SMILES string of the molecule is COc1ccccc1S(=O)(=O)Nc1ccc2c(c1)N(C(=O)C1CCCC1)CC2. The highest BCUT2D eigenvalue weighted by molar-refractivity contribution is 7.92. The number of para-hydroxylation sites is 1. The zero-order valence-corrected chi connectivity index (χ0v) is 16.7. The van der Waals surface area contributed by atoms with E-state index in [1.54, 1.807) is 30.3 Å². The Bertz CT molecular complexity index is 997. The van der Waals surface area contributed by atoms with Crippen molar-refractivity contribution in [2.24, 2.45) is 5.92 Å². The summed E-state index contributed by atoms with van der Waals surface area (Å²) < 4.78 is 33.5. The molecule has 4 rings (SSSR count). The summed E-state index contributed by atoms with van der Waals surface area (Å²) in [4.78, 5) is 14.8. The number of anilines is 2. The third-order valence-electron chi connectivity index (χ3n) is 5.56. The molecule has 0 spiro atoms. The molecule has 0 aromatic heterocycles. The van der Waals surface area contributed by atoms with Crippen LogP contribution in [0, 0.1) is 5.92 Å². The number of ether oxygens (including phenoxy) is 1. The lowest BCUT2D eigenvalue weighted by atomic mass is 10.1. The quantitative estimate of drug-likeness (QED) is 0.832. The van der Waals surface area contributed by atoms with Crippen LogP contribution >= 0.6 is 0 Å². The van der Waals surface area contributed by atoms with Gasteiger partial charge in [-0.3, -0.25) is 9.52 Å². The molecule has 1 N–H and O–H groups in total. The fourth-order valence-corrected chi connectivity index (χ4v) is 5.34. The molecule has 1 saturated carbocycles. The Labute approximate surface area is 165 Å². The molecule has 1 fully saturated rings. The maximum absolute atomic E-state index is 12.9. The van der Waals surface area contributed by atoms with E-state index in [1.165, 1.54) is 13.2 Å². The first-order valence-corrected chi connectivity index (χ1v) is 11.1. The number of methoxy groups -OCH3 is 1. The number of carbonyl (C=O) groups excluding carboxylic acids is 1. The van der Waals surface area contributed by atoms with Crippen LogP contribution in [0.3, 0.4) is 0 Å². The molecular weight excluding hydrogens is 376 g/mol. The van der Waals surface area contributed by atoms with Gasteiger partial charge in [0, 0.05) is 18.2 Å². The van der Waals surface area contributed by atoms with Crippen molar-refractivity contribution in [2.75, 3.05) is 23.3 Å². The Morgan fingerprint density at radius 2 is 1.89 bits per heavy atom. The molecule has 1 amide bonds. The van der Waals surface area contributed by atoms with Crippen LogP contribution in [0.15, 0.2) is 47.4 Å². The van der Waals surface area contributed by atoms with Gasteiger partial charge in [0.2, 0.25) is 5.91 Å². The minimum Gasteiger partial charge on any atom is -0.495 e. The second-order valence-corrected chi connectivity index (χ2v) is 8.97. The van der Waals surface area contributed by atoms with Gasteiger partial charge in [-0.1, -0.05) is 31.0 Å². The summed E-state index contributed by atoms with van der Waals surface area (Å²) in [7, 11) is -2.36. The lowest BCUT2D eigenvalue weighted by molar-refractivity contribution is -0.122. The van der Waals surface area contributed by atoms with E-state index in [2.05, 4.69) is 4.72 Å². The summed E-state index contributed by atoms with van der Waals surface area (Å²) in [6.07, 6.45) is 4.91. The van der Waals surface area contributed by atoms with Crippen molar-refractivity contribution in [3.05, 3.63) is 48.0 Å². The van der Waals surface area contributed by atoms with Crippen LogP contribution in [0.1, 0.15) is 31.2 Å². The Morgan fingerprint density at radius 3 is 2.64 bits per heavy atom. The molecule has 0 saturated heterocycles. The normalized spacial score (nSPS) is 16.8. The van der Waals surface area contributed by atoms with Gasteiger partial charge in [0.15, 0.2) is 0 Å². The van der Waals surface area contributed by atoms with E-state index in [-0.39, 0.29) is 22.5 Å². The number of rotatable bonds is 5. The lowest BCUT2D eigenvalue weighted by Crippen LogP contribution is -2.33. The molecule has 2 aliphatic rings. The first-order chi connectivity index (χ1) is 13.5. The molecule has 0 unspecified atom stereocenters. The van der Waals surface area contributed by atoms with Crippen molar-refractivity contribution < 1.29 is 17.9 Å². The van der Waals surface area contributed by atoms with Gasteiger partial charge in [-0.2, -0.15) is 0 Å². The molecular formula is C21H24N2O4S. The highest BCUT2D eigenvalue weighted by Gasteiger charge is 2.32. The summed E-state index contributed by atoms with van der Waals surface area (Å²) >= 11 is 0. The predicted octanol–water partition coefficient (Wildman–Crippen LogP) is 3.58. The highest BCUT2D eigenvalue weighted by Crippen LogP contribution is 2.36. The van der Waals surface area contributed by atoms with Crippen LogP contribution in [0.2, 0.25) is 0 Å². The van der Waals surface area contributed by atoms with Crippen molar-refractivity contribution in [2.45, 2.75) is 37.0 Å². The van der Waals surface area contributed by atoms with Crippen LogP contribution in [-0.2, 0) is 21.2 Å². The van der Waals surface area contributed by atoms with E-state index in [9.17, 15) is 13.2 Å². The molecule has 0 atom stereocenters. The zero-order valence-electron chi connectivity index (χ0n) is 15.8. The molecule has 1 aliphatic heterocycles. The van der Waals surface area contributed by atoms with Crippen molar-refractivity contribution in [3.63, 3.8) is 0 Å². The van der Waals surface area contributed by atoms with Gasteiger partial charge in [0.25, 0.3) is 10.0 Å². The monoisotopic (exact) mass is 400 g/mol. The maximum atomic E-state index is 12.9. The average Bonchev–Trinajstić information content (AvgIpc) is 3.37. The predicted molar refractivity (Wildman–Crippen MR) is 108 cm³/mol. The van der Waals surface area contributed by atoms with E-state index in [0.717, 1.165) is 43.4 Å². The van der Waals surface area contributed by atoms with E-state index < -0.39 is 10.0 Å². The van der Waals surface area contributed by atoms with Crippen molar-refractivity contribution in [3.8, 4) is 5.75 Å². The van der Waals surface area contributed by atoms with Gasteiger partial charge in [-0.15, -0.1) is 0 Å². The second-order valence-electron chi connectivity index (χ2n) is 7.32. The minimum atomic E-state index is -3.81. The molecule has 148 valence electrons. The number of fused-ring (bicyclic) bond motifs is 1. The second kappa shape index (κ2) is 7.47. The first-order valence-electron chi connectivity index (χ1n) is 9.60. The molecule has 6 nitrogen and oxygen atoms in total. The van der Waals surface area contributed by atoms with Crippen molar-refractivity contribution in [1.82, 2.24) is 0 Å². The Balaban J connectivity index is 1.60. The molecule has 0 bridgehead atoms. The van der Waals surface area contributed by atoms with E-state index in [1.807, 2.05) is 11.0 Å². The smallest absolute Gasteiger partial charge is 0.265 e. The van der Waals surface area contributed by atoms with Crippen LogP contribution < -0.4 is 14.4 Å². The third kappa shape index (κ3) is 3.46. The third-order valence-corrected chi connectivity index (χ3v) is 6.98. The molecule has 0 radical (unpaired) electrons. The van der Waals surface area contributed by atoms with E-state index in [4.69, 9.17) is 4.74 Å². The number of nitrogens with one attached hydrogen (secondary N) is 1. The van der Waals surface area contributed by atoms with Crippen LogP contribution in [0.4, 0.5) is 11.4 Å². The van der Waals surface area contributed by atoms with Crippen molar-refractivity contribution in [1.29, 1.82) is 0 Å². The summed E-state index contributed by atoms with van der Waals surface area (Å²) in [6, 6.07) is 11.9. The van der Waals surface area contributed by atoms with Crippen LogP contribution in [0.25, 0.3) is 0 Å². The molecule has 2 aromatic carbocycles. The lowest BCUT2D eigenvalue weighted by Gasteiger charge is -2.22. The van der Waals surface area contributed by atoms with Gasteiger partial charge in [0.05, 0.1) is 12.8 Å². The van der Waals surface area contributed by atoms with E-state index >= 15 is 0 Å². The van der Waals surface area contributed by atoms with E-state index in [0.29, 0.717) is 12.2 Å². The van der Waals surface area contributed by atoms with Gasteiger partial charge >= 0.3 is 0 Å². The number of hydrogen-bond acceptors (Lipinski definition) is 4. The average molecular weight is 401 g/mol. The number of benzene rings is 2. The summed E-state index contributed by atoms with van der Waals surface area (Å²) in [5.74, 6) is 0.551. The largest absolute Gasteiger partial charge is 0.495 e. The molecule has 28 heavy (non-hydrogen) atoms. The van der Waals surface area contributed by atoms with Gasteiger partial charge < -0.3 is 9.64 Å². The topological polar surface area (TPSA) is 75.7 Å². The number of nitrogens with zero attached hydrogens (tertiary/aromatic N) is 1. The standard InChI is InChI=1S/C21H24N2O4S/c1-27-19-8-4-5-9-20(19)28(25,26)22-17-11-10-15-12-13-23(18(15)14-17)21(24)16-6-2-3-7-16/h4-5,8-11,14,16,22H,2-3,6-7,12-13H2,1H3. The number of sulfonamides is 1. The maximum Gasteiger partial charge on any atom is 0.265 e. The Kier molecular flexibility index (Phi) is 5.02.